The normalized spacial score (nSPS) is 14.7. The van der Waals surface area contributed by atoms with Gasteiger partial charge in [-0.15, -0.1) is 0 Å². The number of ether oxygens (including phenoxy) is 2. The van der Waals surface area contributed by atoms with Crippen LogP contribution >= 0.6 is 0 Å². The number of methoxy groups -OCH3 is 1. The van der Waals surface area contributed by atoms with Gasteiger partial charge in [0, 0.05) is 42.0 Å². The van der Waals surface area contributed by atoms with Gasteiger partial charge in [0.05, 0.1) is 18.9 Å². The standard InChI is InChI=1S/C26H31N3O4S/c1-19-7-9-23-24(27-19)5-4-6-26(23)33-16-15-29-13-11-20(12-14-29)17-21-18-22(28-34(3,30)31)8-10-25(21)32-2/h4-10,17-18,28H,11-16H2,1-3H3. The van der Waals surface area contributed by atoms with E-state index in [1.54, 1.807) is 19.2 Å². The molecule has 0 amide bonds. The van der Waals surface area contributed by atoms with E-state index in [-0.39, 0.29) is 0 Å². The molecule has 180 valence electrons. The Hall–Kier alpha value is -3.10. The van der Waals surface area contributed by atoms with Gasteiger partial charge >= 0.3 is 0 Å². The Labute approximate surface area is 201 Å². The molecule has 1 aliphatic rings. The number of nitrogens with zero attached hydrogens (tertiary/aromatic N) is 2. The van der Waals surface area contributed by atoms with Crippen LogP contribution in [0.4, 0.5) is 5.69 Å². The third kappa shape index (κ3) is 6.27. The molecule has 34 heavy (non-hydrogen) atoms. The summed E-state index contributed by atoms with van der Waals surface area (Å²) in [5.41, 5.74) is 4.68. The summed E-state index contributed by atoms with van der Waals surface area (Å²) in [5, 5.41) is 1.04. The van der Waals surface area contributed by atoms with Gasteiger partial charge in [0.15, 0.2) is 0 Å². The third-order valence-corrected chi connectivity index (χ3v) is 6.49. The van der Waals surface area contributed by atoms with Crippen LogP contribution in [0, 0.1) is 6.92 Å². The van der Waals surface area contributed by atoms with Crippen molar-refractivity contribution in [1.29, 1.82) is 0 Å². The van der Waals surface area contributed by atoms with E-state index in [0.717, 1.165) is 72.4 Å². The number of fused-ring (bicyclic) bond motifs is 1. The van der Waals surface area contributed by atoms with Crippen molar-refractivity contribution in [2.45, 2.75) is 19.8 Å². The summed E-state index contributed by atoms with van der Waals surface area (Å²) in [4.78, 5) is 6.98. The Morgan fingerprint density at radius 1 is 1.09 bits per heavy atom. The maximum atomic E-state index is 11.6. The summed E-state index contributed by atoms with van der Waals surface area (Å²) >= 11 is 0. The topological polar surface area (TPSA) is 80.8 Å². The fraction of sp³-hybridized carbons (Fsp3) is 0.346. The van der Waals surface area contributed by atoms with E-state index in [9.17, 15) is 8.42 Å². The number of sulfonamides is 1. The van der Waals surface area contributed by atoms with Gasteiger partial charge in [0.1, 0.15) is 18.1 Å². The van der Waals surface area contributed by atoms with E-state index in [0.29, 0.717) is 12.3 Å². The lowest BCUT2D eigenvalue weighted by Crippen LogP contribution is -2.34. The SMILES string of the molecule is COc1ccc(NS(C)(=O)=O)cc1C=C1CCN(CCOc2cccc3nc(C)ccc23)CC1. The Bertz CT molecular complexity index is 1290. The lowest BCUT2D eigenvalue weighted by molar-refractivity contribution is 0.200. The molecule has 1 fully saturated rings. The van der Waals surface area contributed by atoms with E-state index in [2.05, 4.69) is 26.7 Å². The second-order valence-corrected chi connectivity index (χ2v) is 10.3. The first-order chi connectivity index (χ1) is 16.3. The molecule has 2 aromatic carbocycles. The smallest absolute Gasteiger partial charge is 0.229 e. The number of likely N-dealkylation sites (tertiary alicyclic amines) is 1. The highest BCUT2D eigenvalue weighted by Crippen LogP contribution is 2.28. The molecule has 7 nitrogen and oxygen atoms in total. The molecule has 0 saturated carbocycles. The van der Waals surface area contributed by atoms with Gasteiger partial charge in [-0.25, -0.2) is 8.42 Å². The maximum Gasteiger partial charge on any atom is 0.229 e. The Balaban J connectivity index is 1.34. The molecule has 0 aliphatic carbocycles. The molecular weight excluding hydrogens is 450 g/mol. The maximum absolute atomic E-state index is 11.6. The summed E-state index contributed by atoms with van der Waals surface area (Å²) in [5.74, 6) is 1.60. The second-order valence-electron chi connectivity index (χ2n) is 8.60. The highest BCUT2D eigenvalue weighted by Gasteiger charge is 2.15. The number of hydrogen-bond acceptors (Lipinski definition) is 6. The van der Waals surface area contributed by atoms with Crippen LogP contribution in [0.25, 0.3) is 17.0 Å². The van der Waals surface area contributed by atoms with Crippen molar-refractivity contribution in [2.75, 3.05) is 44.3 Å². The minimum atomic E-state index is -3.33. The van der Waals surface area contributed by atoms with Crippen LogP contribution in [0.2, 0.25) is 0 Å². The summed E-state index contributed by atoms with van der Waals surface area (Å²) in [6.45, 7) is 5.38. The van der Waals surface area contributed by atoms with Crippen LogP contribution in [0.3, 0.4) is 0 Å². The Morgan fingerprint density at radius 3 is 2.62 bits per heavy atom. The number of hydrogen-bond donors (Lipinski definition) is 1. The zero-order valence-corrected chi connectivity index (χ0v) is 20.7. The predicted octanol–water partition coefficient (Wildman–Crippen LogP) is 4.48. The minimum Gasteiger partial charge on any atom is -0.496 e. The molecule has 0 radical (unpaired) electrons. The minimum absolute atomic E-state index is 0.531. The lowest BCUT2D eigenvalue weighted by atomic mass is 10.0. The highest BCUT2D eigenvalue weighted by molar-refractivity contribution is 7.92. The van der Waals surface area contributed by atoms with Gasteiger partial charge in [-0.05, 0) is 62.2 Å². The van der Waals surface area contributed by atoms with Crippen molar-refractivity contribution in [3.63, 3.8) is 0 Å². The van der Waals surface area contributed by atoms with E-state index in [1.165, 1.54) is 5.57 Å². The second kappa shape index (κ2) is 10.4. The van der Waals surface area contributed by atoms with Crippen molar-refractivity contribution in [3.05, 3.63) is 65.4 Å². The molecule has 1 saturated heterocycles. The molecule has 0 bridgehead atoms. The highest BCUT2D eigenvalue weighted by atomic mass is 32.2. The number of benzene rings is 2. The van der Waals surface area contributed by atoms with Gasteiger partial charge in [0.25, 0.3) is 0 Å². The van der Waals surface area contributed by atoms with Crippen molar-refractivity contribution in [3.8, 4) is 11.5 Å². The number of piperidine rings is 1. The van der Waals surface area contributed by atoms with Crippen LogP contribution in [-0.2, 0) is 10.0 Å². The van der Waals surface area contributed by atoms with E-state index in [1.807, 2.05) is 37.3 Å². The van der Waals surface area contributed by atoms with E-state index < -0.39 is 10.0 Å². The van der Waals surface area contributed by atoms with E-state index >= 15 is 0 Å². The largest absolute Gasteiger partial charge is 0.496 e. The number of pyridine rings is 1. The first-order valence-corrected chi connectivity index (χ1v) is 13.3. The number of nitrogens with one attached hydrogen (secondary N) is 1. The van der Waals surface area contributed by atoms with Gasteiger partial charge in [-0.2, -0.15) is 0 Å². The zero-order chi connectivity index (χ0) is 24.1. The molecule has 1 N–H and O–H groups in total. The van der Waals surface area contributed by atoms with E-state index in [4.69, 9.17) is 9.47 Å². The van der Waals surface area contributed by atoms with Crippen LogP contribution < -0.4 is 14.2 Å². The average molecular weight is 482 g/mol. The quantitative estimate of drug-likeness (QED) is 0.511. The number of rotatable bonds is 8. The van der Waals surface area contributed by atoms with Crippen molar-refractivity contribution < 1.29 is 17.9 Å². The van der Waals surface area contributed by atoms with Crippen molar-refractivity contribution >= 4 is 32.7 Å². The Morgan fingerprint density at radius 2 is 1.88 bits per heavy atom. The number of anilines is 1. The van der Waals surface area contributed by atoms with Gasteiger partial charge < -0.3 is 9.47 Å². The summed E-state index contributed by atoms with van der Waals surface area (Å²) in [6, 6.07) is 15.4. The predicted molar refractivity (Wildman–Crippen MR) is 137 cm³/mol. The first-order valence-electron chi connectivity index (χ1n) is 11.4. The number of aromatic nitrogens is 1. The molecule has 4 rings (SSSR count). The molecule has 0 atom stereocenters. The van der Waals surface area contributed by atoms with Crippen LogP contribution in [0.15, 0.2) is 54.1 Å². The third-order valence-electron chi connectivity index (χ3n) is 5.89. The van der Waals surface area contributed by atoms with Crippen LogP contribution in [-0.4, -0.2) is 57.9 Å². The van der Waals surface area contributed by atoms with Crippen molar-refractivity contribution in [2.24, 2.45) is 0 Å². The molecule has 0 unspecified atom stereocenters. The summed E-state index contributed by atoms with van der Waals surface area (Å²) in [7, 11) is -1.71. The summed E-state index contributed by atoms with van der Waals surface area (Å²) in [6.07, 6.45) is 5.16. The number of aryl methyl sites for hydroxylation is 1. The molecule has 1 aromatic heterocycles. The van der Waals surface area contributed by atoms with Gasteiger partial charge in [-0.1, -0.05) is 17.7 Å². The molecule has 1 aliphatic heterocycles. The average Bonchev–Trinajstić information content (AvgIpc) is 2.79. The lowest BCUT2D eigenvalue weighted by Gasteiger charge is -2.28. The van der Waals surface area contributed by atoms with Gasteiger partial charge in [-0.3, -0.25) is 14.6 Å². The molecular formula is C26H31N3O4S. The van der Waals surface area contributed by atoms with Crippen LogP contribution in [0.5, 0.6) is 11.5 Å². The molecule has 2 heterocycles. The van der Waals surface area contributed by atoms with Gasteiger partial charge in [0.2, 0.25) is 10.0 Å². The monoisotopic (exact) mass is 481 g/mol. The molecule has 0 spiro atoms. The van der Waals surface area contributed by atoms with Crippen molar-refractivity contribution in [1.82, 2.24) is 9.88 Å². The molecule has 8 heteroatoms. The first kappa shape index (κ1) is 24.0. The molecule has 3 aromatic rings. The Kier molecular flexibility index (Phi) is 7.38. The fourth-order valence-electron chi connectivity index (χ4n) is 4.19. The fourth-order valence-corrected chi connectivity index (χ4v) is 4.75. The zero-order valence-electron chi connectivity index (χ0n) is 19.9. The summed E-state index contributed by atoms with van der Waals surface area (Å²) < 4.78 is 37.2. The van der Waals surface area contributed by atoms with Crippen LogP contribution in [0.1, 0.15) is 24.1 Å².